The lowest BCUT2D eigenvalue weighted by atomic mass is 9.98. The molecule has 0 amide bonds. The minimum absolute atomic E-state index is 0.128. The summed E-state index contributed by atoms with van der Waals surface area (Å²) in [5, 5.41) is 0.405. The van der Waals surface area contributed by atoms with Gasteiger partial charge in [0.2, 0.25) is 10.0 Å². The highest BCUT2D eigenvalue weighted by atomic mass is 79.9. The molecular formula is C13H16BrClN2O2S. The van der Waals surface area contributed by atoms with E-state index in [0.29, 0.717) is 34.4 Å². The predicted octanol–water partition coefficient (Wildman–Crippen LogP) is 2.46. The number of hydrogen-bond acceptors (Lipinski definition) is 3. The van der Waals surface area contributed by atoms with Gasteiger partial charge in [-0.1, -0.05) is 17.7 Å². The summed E-state index contributed by atoms with van der Waals surface area (Å²) in [5.74, 6) is 0.695. The molecule has 2 N–H and O–H groups in total. The van der Waals surface area contributed by atoms with Gasteiger partial charge < -0.3 is 5.73 Å². The van der Waals surface area contributed by atoms with Crippen molar-refractivity contribution in [2.24, 2.45) is 17.6 Å². The highest BCUT2D eigenvalue weighted by Crippen LogP contribution is 2.40. The van der Waals surface area contributed by atoms with E-state index in [1.807, 2.05) is 0 Å². The Labute approximate surface area is 132 Å². The van der Waals surface area contributed by atoms with E-state index in [4.69, 9.17) is 17.3 Å². The first-order valence-corrected chi connectivity index (χ1v) is 9.22. The second-order valence-electron chi connectivity index (χ2n) is 5.54. The van der Waals surface area contributed by atoms with Gasteiger partial charge in [0.1, 0.15) is 0 Å². The Hall–Kier alpha value is -0.140. The quantitative estimate of drug-likeness (QED) is 0.858. The molecule has 0 spiro atoms. The number of benzene rings is 1. The van der Waals surface area contributed by atoms with Gasteiger partial charge in [-0.2, -0.15) is 4.31 Å². The van der Waals surface area contributed by atoms with Gasteiger partial charge in [0.05, 0.1) is 14.4 Å². The minimum Gasteiger partial charge on any atom is -0.327 e. The van der Waals surface area contributed by atoms with Crippen LogP contribution in [0.5, 0.6) is 0 Å². The number of halogens is 2. The maximum atomic E-state index is 12.7. The Kier molecular flexibility index (Phi) is 3.88. The molecule has 1 aromatic rings. The number of fused-ring (bicyclic) bond motifs is 1. The fourth-order valence-electron chi connectivity index (χ4n) is 3.29. The molecule has 1 aromatic carbocycles. The smallest absolute Gasteiger partial charge is 0.244 e. The van der Waals surface area contributed by atoms with E-state index in [2.05, 4.69) is 15.9 Å². The molecule has 1 saturated heterocycles. The summed E-state index contributed by atoms with van der Waals surface area (Å²) in [7, 11) is -3.51. The molecule has 4 nitrogen and oxygen atoms in total. The van der Waals surface area contributed by atoms with Gasteiger partial charge in [-0.25, -0.2) is 8.42 Å². The van der Waals surface area contributed by atoms with Gasteiger partial charge in [0.25, 0.3) is 0 Å². The van der Waals surface area contributed by atoms with Crippen molar-refractivity contribution < 1.29 is 8.42 Å². The summed E-state index contributed by atoms with van der Waals surface area (Å²) in [6, 6.07) is 5.03. The van der Waals surface area contributed by atoms with Crippen LogP contribution >= 0.6 is 27.5 Å². The molecule has 1 aliphatic heterocycles. The zero-order chi connectivity index (χ0) is 14.5. The second-order valence-corrected chi connectivity index (χ2v) is 8.65. The Morgan fingerprint density at radius 3 is 2.75 bits per heavy atom. The lowest BCUT2D eigenvalue weighted by molar-refractivity contribution is 0.427. The monoisotopic (exact) mass is 378 g/mol. The van der Waals surface area contributed by atoms with Gasteiger partial charge >= 0.3 is 0 Å². The molecule has 1 aliphatic carbocycles. The van der Waals surface area contributed by atoms with Gasteiger partial charge in [-0.05, 0) is 52.7 Å². The third-order valence-corrected chi connectivity index (χ3v) is 7.95. The van der Waals surface area contributed by atoms with E-state index < -0.39 is 10.0 Å². The standard InChI is InChI=1S/C13H16BrClN2O2S/c14-13-10(15)2-1-3-12(13)20(18,19)17-6-8-4-5-11(16)9(8)7-17/h1-3,8-9,11H,4-7,16H2. The van der Waals surface area contributed by atoms with E-state index in [1.165, 1.54) is 0 Å². The Morgan fingerprint density at radius 1 is 1.30 bits per heavy atom. The summed E-state index contributed by atoms with van der Waals surface area (Å²) in [4.78, 5) is 0.235. The van der Waals surface area contributed by atoms with Crippen molar-refractivity contribution in [3.63, 3.8) is 0 Å². The van der Waals surface area contributed by atoms with Gasteiger partial charge in [-0.15, -0.1) is 0 Å². The lowest BCUT2D eigenvalue weighted by Gasteiger charge is -2.19. The molecule has 3 rings (SSSR count). The minimum atomic E-state index is -3.51. The Balaban J connectivity index is 1.92. The number of hydrogen-bond donors (Lipinski definition) is 1. The van der Waals surface area contributed by atoms with Crippen LogP contribution in [-0.4, -0.2) is 31.9 Å². The molecule has 1 saturated carbocycles. The summed E-state index contributed by atoms with van der Waals surface area (Å²) in [6.45, 7) is 1.09. The number of sulfonamides is 1. The topological polar surface area (TPSA) is 63.4 Å². The highest BCUT2D eigenvalue weighted by Gasteiger charge is 2.45. The zero-order valence-electron chi connectivity index (χ0n) is 10.8. The molecule has 0 aromatic heterocycles. The van der Waals surface area contributed by atoms with Crippen molar-refractivity contribution in [2.75, 3.05) is 13.1 Å². The van der Waals surface area contributed by atoms with Crippen molar-refractivity contribution in [3.05, 3.63) is 27.7 Å². The van der Waals surface area contributed by atoms with Crippen LogP contribution in [0, 0.1) is 11.8 Å². The van der Waals surface area contributed by atoms with Crippen molar-refractivity contribution in [2.45, 2.75) is 23.8 Å². The normalized spacial score (nSPS) is 30.6. The van der Waals surface area contributed by atoms with E-state index in [-0.39, 0.29) is 10.9 Å². The molecular weight excluding hydrogens is 364 g/mol. The molecule has 0 radical (unpaired) electrons. The average molecular weight is 380 g/mol. The zero-order valence-corrected chi connectivity index (χ0v) is 14.0. The Bertz CT molecular complexity index is 637. The molecule has 7 heteroatoms. The van der Waals surface area contributed by atoms with Crippen LogP contribution in [0.3, 0.4) is 0 Å². The molecule has 1 heterocycles. The van der Waals surface area contributed by atoms with Crippen LogP contribution in [-0.2, 0) is 10.0 Å². The molecule has 2 fully saturated rings. The van der Waals surface area contributed by atoms with E-state index >= 15 is 0 Å². The average Bonchev–Trinajstić information content (AvgIpc) is 2.96. The summed E-state index contributed by atoms with van der Waals surface area (Å²) in [5.41, 5.74) is 6.07. The number of nitrogens with zero attached hydrogens (tertiary/aromatic N) is 1. The third-order valence-electron chi connectivity index (χ3n) is 4.41. The van der Waals surface area contributed by atoms with Crippen molar-refractivity contribution in [3.8, 4) is 0 Å². The number of nitrogens with two attached hydrogens (primary N) is 1. The van der Waals surface area contributed by atoms with Crippen LogP contribution in [0.4, 0.5) is 0 Å². The van der Waals surface area contributed by atoms with E-state index in [0.717, 1.165) is 12.8 Å². The van der Waals surface area contributed by atoms with Crippen molar-refractivity contribution in [1.82, 2.24) is 4.31 Å². The Morgan fingerprint density at radius 2 is 2.05 bits per heavy atom. The first-order valence-electron chi connectivity index (χ1n) is 6.61. The fraction of sp³-hybridized carbons (Fsp3) is 0.538. The maximum absolute atomic E-state index is 12.7. The predicted molar refractivity (Wildman–Crippen MR) is 82.1 cm³/mol. The molecule has 3 unspecified atom stereocenters. The molecule has 3 atom stereocenters. The largest absolute Gasteiger partial charge is 0.327 e. The summed E-state index contributed by atoms with van der Waals surface area (Å²) >= 11 is 9.27. The molecule has 20 heavy (non-hydrogen) atoms. The van der Waals surface area contributed by atoms with E-state index in [9.17, 15) is 8.42 Å². The first-order chi connectivity index (χ1) is 9.41. The second kappa shape index (κ2) is 5.25. The molecule has 2 aliphatic rings. The fourth-order valence-corrected chi connectivity index (χ4v) is 6.02. The third kappa shape index (κ3) is 2.31. The van der Waals surface area contributed by atoms with Gasteiger partial charge in [0.15, 0.2) is 0 Å². The van der Waals surface area contributed by atoms with Crippen LogP contribution in [0.25, 0.3) is 0 Å². The first kappa shape index (κ1) is 14.8. The van der Waals surface area contributed by atoms with Crippen molar-refractivity contribution >= 4 is 37.6 Å². The van der Waals surface area contributed by atoms with Gasteiger partial charge in [-0.3, -0.25) is 0 Å². The van der Waals surface area contributed by atoms with Crippen LogP contribution < -0.4 is 5.73 Å². The van der Waals surface area contributed by atoms with Crippen LogP contribution in [0.2, 0.25) is 5.02 Å². The lowest BCUT2D eigenvalue weighted by Crippen LogP contribution is -2.33. The number of rotatable bonds is 2. The SMILES string of the molecule is NC1CCC2CN(S(=O)(=O)c3cccc(Cl)c3Br)CC12. The molecule has 110 valence electrons. The summed E-state index contributed by atoms with van der Waals surface area (Å²) < 4.78 is 27.5. The van der Waals surface area contributed by atoms with Crippen molar-refractivity contribution in [1.29, 1.82) is 0 Å². The van der Waals surface area contributed by atoms with Crippen LogP contribution in [0.15, 0.2) is 27.6 Å². The highest BCUT2D eigenvalue weighted by molar-refractivity contribution is 9.10. The van der Waals surface area contributed by atoms with E-state index in [1.54, 1.807) is 22.5 Å². The van der Waals surface area contributed by atoms with Crippen LogP contribution in [0.1, 0.15) is 12.8 Å². The maximum Gasteiger partial charge on any atom is 0.244 e. The van der Waals surface area contributed by atoms with Gasteiger partial charge in [0, 0.05) is 19.1 Å². The summed E-state index contributed by atoms with van der Waals surface area (Å²) in [6.07, 6.45) is 2.03. The molecule has 0 bridgehead atoms.